The zero-order valence-electron chi connectivity index (χ0n) is 19.0. The molecule has 5 aromatic rings. The molecule has 182 valence electrons. The summed E-state index contributed by atoms with van der Waals surface area (Å²) >= 11 is 0. The molecule has 36 heavy (non-hydrogen) atoms. The van der Waals surface area contributed by atoms with Crippen molar-refractivity contribution in [2.45, 2.75) is 13.0 Å². The minimum atomic E-state index is -3.87. The van der Waals surface area contributed by atoms with Crippen LogP contribution in [-0.4, -0.2) is 39.1 Å². The molecule has 0 unspecified atom stereocenters. The number of hydrogen-bond donors (Lipinski definition) is 1. The summed E-state index contributed by atoms with van der Waals surface area (Å²) in [4.78, 5) is 13.1. The Morgan fingerprint density at radius 3 is 2.53 bits per heavy atom. The molecule has 0 aliphatic carbocycles. The van der Waals surface area contributed by atoms with E-state index >= 15 is 0 Å². The average molecular weight is 505 g/mol. The molecule has 0 atom stereocenters. The van der Waals surface area contributed by atoms with Crippen molar-refractivity contribution >= 4 is 20.9 Å². The van der Waals surface area contributed by atoms with Gasteiger partial charge in [0.15, 0.2) is 11.6 Å². The number of pyridine rings is 1. The molecule has 0 bridgehead atoms. The van der Waals surface area contributed by atoms with Crippen LogP contribution in [0.15, 0.2) is 79.3 Å². The molecule has 3 aromatic heterocycles. The highest BCUT2D eigenvalue weighted by atomic mass is 32.2. The van der Waals surface area contributed by atoms with E-state index in [9.17, 15) is 12.8 Å². The zero-order valence-corrected chi connectivity index (χ0v) is 19.8. The van der Waals surface area contributed by atoms with E-state index in [2.05, 4.69) is 15.0 Å². The van der Waals surface area contributed by atoms with Crippen molar-refractivity contribution in [3.8, 4) is 17.3 Å². The van der Waals surface area contributed by atoms with E-state index in [1.54, 1.807) is 35.3 Å². The van der Waals surface area contributed by atoms with Gasteiger partial charge in [0, 0.05) is 29.8 Å². The van der Waals surface area contributed by atoms with Gasteiger partial charge in [0.05, 0.1) is 24.0 Å². The third kappa shape index (κ3) is 5.21. The number of primary sulfonamides is 1. The highest BCUT2D eigenvalue weighted by Gasteiger charge is 2.19. The van der Waals surface area contributed by atoms with E-state index < -0.39 is 16.0 Å². The van der Waals surface area contributed by atoms with Gasteiger partial charge in [-0.1, -0.05) is 36.4 Å². The van der Waals surface area contributed by atoms with Crippen molar-refractivity contribution in [3.05, 3.63) is 102 Å². The van der Waals surface area contributed by atoms with Gasteiger partial charge in [-0.3, -0.25) is 9.67 Å². The lowest BCUT2D eigenvalue weighted by atomic mass is 10.1. The van der Waals surface area contributed by atoms with Gasteiger partial charge in [0.1, 0.15) is 11.5 Å². The van der Waals surface area contributed by atoms with Crippen LogP contribution in [0.1, 0.15) is 16.8 Å². The average Bonchev–Trinajstić information content (AvgIpc) is 3.23. The Bertz CT molecular complexity index is 1640. The Morgan fingerprint density at radius 1 is 1.00 bits per heavy atom. The molecule has 0 spiro atoms. The van der Waals surface area contributed by atoms with E-state index in [0.717, 1.165) is 16.5 Å². The maximum atomic E-state index is 14.3. The van der Waals surface area contributed by atoms with E-state index in [0.29, 0.717) is 29.2 Å². The molecule has 0 saturated heterocycles. The van der Waals surface area contributed by atoms with Gasteiger partial charge in [-0.05, 0) is 29.8 Å². The predicted octanol–water partition coefficient (Wildman–Crippen LogP) is 3.29. The smallest absolute Gasteiger partial charge is 0.244 e. The fourth-order valence-corrected chi connectivity index (χ4v) is 4.10. The van der Waals surface area contributed by atoms with E-state index in [4.69, 9.17) is 15.0 Å². The van der Waals surface area contributed by atoms with Crippen LogP contribution in [0.25, 0.3) is 22.4 Å². The minimum absolute atomic E-state index is 0.194. The number of sulfonamides is 1. The molecular weight excluding hydrogens is 483 g/mol. The minimum Gasteiger partial charge on any atom is -0.473 e. The maximum absolute atomic E-state index is 14.3. The van der Waals surface area contributed by atoms with Crippen LogP contribution in [0.2, 0.25) is 0 Å². The Kier molecular flexibility index (Phi) is 6.40. The first kappa shape index (κ1) is 23.5. The molecule has 2 aromatic carbocycles. The second-order valence-corrected chi connectivity index (χ2v) is 9.64. The van der Waals surface area contributed by atoms with Gasteiger partial charge in [-0.15, -0.1) is 0 Å². The summed E-state index contributed by atoms with van der Waals surface area (Å²) in [5.74, 6) is -0.504. The number of hydrogen-bond acceptors (Lipinski definition) is 7. The molecule has 9 nitrogen and oxygen atoms in total. The molecule has 3 heterocycles. The summed E-state index contributed by atoms with van der Waals surface area (Å²) < 4.78 is 44.4. The molecule has 0 saturated carbocycles. The van der Waals surface area contributed by atoms with Gasteiger partial charge in [0.2, 0.25) is 16.0 Å². The number of rotatable bonds is 8. The summed E-state index contributed by atoms with van der Waals surface area (Å²) in [6, 6.07) is 17.7. The van der Waals surface area contributed by atoms with Crippen molar-refractivity contribution < 1.29 is 17.5 Å². The molecule has 0 fully saturated rings. The molecule has 5 rings (SSSR count). The van der Waals surface area contributed by atoms with Crippen molar-refractivity contribution in [2.24, 2.45) is 5.14 Å². The molecule has 11 heteroatoms. The van der Waals surface area contributed by atoms with Crippen LogP contribution < -0.4 is 9.88 Å². The maximum Gasteiger partial charge on any atom is 0.244 e. The standard InChI is InChI=1S/C25H21FN6O3S/c26-20-7-3-1-5-18(20)15-32-22-8-4-2-6-19(22)24(31-32)25-29-14-23(35-16-36(27,33)34)21(30-25)13-17-9-11-28-12-10-17/h1-12,14H,13,15-16H2,(H2,27,33,34). The van der Waals surface area contributed by atoms with E-state index in [1.807, 2.05) is 36.4 Å². The summed E-state index contributed by atoms with van der Waals surface area (Å²) in [5, 5.41) is 10.6. The lowest BCUT2D eigenvalue weighted by Crippen LogP contribution is -2.21. The van der Waals surface area contributed by atoms with E-state index in [-0.39, 0.29) is 18.1 Å². The third-order valence-corrected chi connectivity index (χ3v) is 5.92. The third-order valence-electron chi connectivity index (χ3n) is 5.48. The first-order valence-electron chi connectivity index (χ1n) is 10.9. The van der Waals surface area contributed by atoms with Crippen molar-refractivity contribution in [1.82, 2.24) is 24.7 Å². The number of ether oxygens (including phenoxy) is 1. The summed E-state index contributed by atoms with van der Waals surface area (Å²) in [6.45, 7) is 0.229. The predicted molar refractivity (Wildman–Crippen MR) is 132 cm³/mol. The Balaban J connectivity index is 1.58. The number of benzene rings is 2. The lowest BCUT2D eigenvalue weighted by Gasteiger charge is -2.11. The second kappa shape index (κ2) is 9.80. The Labute approximate surface area is 206 Å². The molecule has 0 aliphatic rings. The van der Waals surface area contributed by atoms with Crippen LogP contribution in [-0.2, 0) is 23.0 Å². The quantitative estimate of drug-likeness (QED) is 0.344. The fourth-order valence-electron chi connectivity index (χ4n) is 3.81. The molecule has 0 radical (unpaired) electrons. The summed E-state index contributed by atoms with van der Waals surface area (Å²) in [7, 11) is -3.87. The van der Waals surface area contributed by atoms with Crippen LogP contribution in [0, 0.1) is 5.82 Å². The molecule has 2 N–H and O–H groups in total. The van der Waals surface area contributed by atoms with Crippen LogP contribution >= 0.6 is 0 Å². The topological polar surface area (TPSA) is 126 Å². The van der Waals surface area contributed by atoms with Gasteiger partial charge in [-0.25, -0.2) is 27.9 Å². The summed E-state index contributed by atoms with van der Waals surface area (Å²) in [5.41, 5.74) is 3.16. The van der Waals surface area contributed by atoms with Crippen LogP contribution in [0.4, 0.5) is 4.39 Å². The SMILES string of the molecule is NS(=O)(=O)COc1cnc(-c2nn(Cc3ccccc3F)c3ccccc23)nc1Cc1ccncc1. The fraction of sp³-hybridized carbons (Fsp3) is 0.120. The highest BCUT2D eigenvalue weighted by molar-refractivity contribution is 7.88. The number of para-hydroxylation sites is 1. The number of aromatic nitrogens is 5. The van der Waals surface area contributed by atoms with E-state index in [1.165, 1.54) is 12.3 Å². The van der Waals surface area contributed by atoms with Crippen LogP contribution in [0.5, 0.6) is 5.75 Å². The van der Waals surface area contributed by atoms with Crippen molar-refractivity contribution in [1.29, 1.82) is 0 Å². The number of nitrogens with zero attached hydrogens (tertiary/aromatic N) is 5. The number of fused-ring (bicyclic) bond motifs is 1. The lowest BCUT2D eigenvalue weighted by molar-refractivity contribution is 0.369. The first-order chi connectivity index (χ1) is 17.4. The zero-order chi connectivity index (χ0) is 25.1. The number of nitrogens with two attached hydrogens (primary N) is 1. The van der Waals surface area contributed by atoms with Crippen LogP contribution in [0.3, 0.4) is 0 Å². The Hall–Kier alpha value is -4.22. The largest absolute Gasteiger partial charge is 0.473 e. The van der Waals surface area contributed by atoms with Crippen molar-refractivity contribution in [3.63, 3.8) is 0 Å². The van der Waals surface area contributed by atoms with Gasteiger partial charge in [-0.2, -0.15) is 5.10 Å². The first-order valence-corrected chi connectivity index (χ1v) is 12.7. The highest BCUT2D eigenvalue weighted by Crippen LogP contribution is 2.29. The second-order valence-electron chi connectivity index (χ2n) is 8.08. The molecule has 0 aliphatic heterocycles. The molecular formula is C25H21FN6O3S. The van der Waals surface area contributed by atoms with Gasteiger partial charge >= 0.3 is 0 Å². The normalized spacial score (nSPS) is 11.6. The van der Waals surface area contributed by atoms with Crippen molar-refractivity contribution in [2.75, 3.05) is 5.94 Å². The van der Waals surface area contributed by atoms with Gasteiger partial charge in [0.25, 0.3) is 0 Å². The monoisotopic (exact) mass is 504 g/mol. The number of halogens is 1. The van der Waals surface area contributed by atoms with Gasteiger partial charge < -0.3 is 4.74 Å². The molecule has 0 amide bonds. The summed E-state index contributed by atoms with van der Waals surface area (Å²) in [6.07, 6.45) is 5.06. The Morgan fingerprint density at radius 2 is 1.75 bits per heavy atom.